The van der Waals surface area contributed by atoms with Gasteiger partial charge < -0.3 is 15.0 Å². The van der Waals surface area contributed by atoms with Crippen molar-refractivity contribution in [2.24, 2.45) is 5.73 Å². The SMILES string of the molecule is CCC(N)(CC)c1nc(CCOCC(F)(F)F)no1. The van der Waals surface area contributed by atoms with E-state index in [2.05, 4.69) is 14.9 Å². The lowest BCUT2D eigenvalue weighted by molar-refractivity contribution is -0.173. The van der Waals surface area contributed by atoms with Gasteiger partial charge in [0, 0.05) is 6.42 Å². The molecule has 0 aliphatic heterocycles. The molecule has 19 heavy (non-hydrogen) atoms. The van der Waals surface area contributed by atoms with Gasteiger partial charge in [-0.15, -0.1) is 0 Å². The fourth-order valence-corrected chi connectivity index (χ4v) is 1.46. The lowest BCUT2D eigenvalue weighted by Crippen LogP contribution is -2.35. The molecule has 1 aromatic heterocycles. The van der Waals surface area contributed by atoms with Gasteiger partial charge in [-0.2, -0.15) is 18.2 Å². The van der Waals surface area contributed by atoms with E-state index in [-0.39, 0.29) is 13.0 Å². The number of rotatable bonds is 7. The molecule has 0 amide bonds. The molecular formula is C11H18F3N3O2. The highest BCUT2D eigenvalue weighted by atomic mass is 19.4. The van der Waals surface area contributed by atoms with Gasteiger partial charge in [0.25, 0.3) is 0 Å². The number of aromatic nitrogens is 2. The number of nitrogens with zero attached hydrogens (tertiary/aromatic N) is 2. The zero-order chi connectivity index (χ0) is 14.5. The quantitative estimate of drug-likeness (QED) is 0.775. The van der Waals surface area contributed by atoms with E-state index in [1.807, 2.05) is 13.8 Å². The Morgan fingerprint density at radius 1 is 1.26 bits per heavy atom. The van der Waals surface area contributed by atoms with Crippen LogP contribution in [-0.2, 0) is 16.7 Å². The number of nitrogens with two attached hydrogens (primary N) is 1. The molecule has 0 bridgehead atoms. The van der Waals surface area contributed by atoms with Crippen molar-refractivity contribution in [3.05, 3.63) is 11.7 Å². The lowest BCUT2D eigenvalue weighted by Gasteiger charge is -2.20. The summed E-state index contributed by atoms with van der Waals surface area (Å²) >= 11 is 0. The van der Waals surface area contributed by atoms with Crippen LogP contribution in [0.4, 0.5) is 13.2 Å². The first-order valence-corrected chi connectivity index (χ1v) is 6.07. The molecule has 0 aliphatic carbocycles. The maximum absolute atomic E-state index is 11.8. The van der Waals surface area contributed by atoms with Gasteiger partial charge in [0.05, 0.1) is 12.1 Å². The Morgan fingerprint density at radius 3 is 2.42 bits per heavy atom. The highest BCUT2D eigenvalue weighted by molar-refractivity contribution is 5.01. The van der Waals surface area contributed by atoms with Crippen molar-refractivity contribution in [1.82, 2.24) is 10.1 Å². The van der Waals surface area contributed by atoms with Crippen LogP contribution >= 0.6 is 0 Å². The maximum atomic E-state index is 11.8. The molecule has 0 fully saturated rings. The summed E-state index contributed by atoms with van der Waals surface area (Å²) in [5, 5.41) is 3.68. The van der Waals surface area contributed by atoms with Gasteiger partial charge in [0.15, 0.2) is 5.82 Å². The van der Waals surface area contributed by atoms with Gasteiger partial charge in [-0.3, -0.25) is 0 Å². The van der Waals surface area contributed by atoms with Gasteiger partial charge in [-0.1, -0.05) is 19.0 Å². The van der Waals surface area contributed by atoms with Crippen LogP contribution < -0.4 is 5.73 Å². The Morgan fingerprint density at radius 2 is 1.89 bits per heavy atom. The minimum atomic E-state index is -4.32. The molecule has 0 aromatic carbocycles. The fraction of sp³-hybridized carbons (Fsp3) is 0.818. The fourth-order valence-electron chi connectivity index (χ4n) is 1.46. The van der Waals surface area contributed by atoms with E-state index >= 15 is 0 Å². The van der Waals surface area contributed by atoms with E-state index in [1.54, 1.807) is 0 Å². The minimum Gasteiger partial charge on any atom is -0.372 e. The summed E-state index contributed by atoms with van der Waals surface area (Å²) < 4.78 is 45.0. The van der Waals surface area contributed by atoms with Crippen LogP contribution in [-0.4, -0.2) is 29.5 Å². The first kappa shape index (κ1) is 15.9. The summed E-state index contributed by atoms with van der Waals surface area (Å²) in [6, 6.07) is 0. The molecule has 0 aliphatic rings. The van der Waals surface area contributed by atoms with Crippen molar-refractivity contribution in [2.45, 2.75) is 44.8 Å². The Kier molecular flexibility index (Phi) is 5.30. The third kappa shape index (κ3) is 4.79. The molecule has 8 heteroatoms. The Hall–Kier alpha value is -1.15. The molecular weight excluding hydrogens is 263 g/mol. The van der Waals surface area contributed by atoms with Crippen LogP contribution in [0, 0.1) is 0 Å². The summed E-state index contributed by atoms with van der Waals surface area (Å²) in [5.74, 6) is 0.609. The van der Waals surface area contributed by atoms with Gasteiger partial charge in [-0.05, 0) is 12.8 Å². The van der Waals surface area contributed by atoms with Crippen LogP contribution in [0.2, 0.25) is 0 Å². The molecule has 1 rings (SSSR count). The minimum absolute atomic E-state index is 0.117. The van der Waals surface area contributed by atoms with E-state index in [4.69, 9.17) is 10.3 Å². The molecule has 110 valence electrons. The van der Waals surface area contributed by atoms with Crippen molar-refractivity contribution in [3.63, 3.8) is 0 Å². The third-order valence-electron chi connectivity index (χ3n) is 2.89. The van der Waals surface area contributed by atoms with Gasteiger partial charge in [0.1, 0.15) is 6.61 Å². The van der Waals surface area contributed by atoms with Gasteiger partial charge in [-0.25, -0.2) is 0 Å². The zero-order valence-corrected chi connectivity index (χ0v) is 11.0. The molecule has 0 saturated heterocycles. The van der Waals surface area contributed by atoms with Crippen LogP contribution in [0.5, 0.6) is 0 Å². The normalized spacial score (nSPS) is 12.9. The highest BCUT2D eigenvalue weighted by Crippen LogP contribution is 2.23. The second-order valence-corrected chi connectivity index (χ2v) is 4.30. The van der Waals surface area contributed by atoms with E-state index < -0.39 is 18.3 Å². The standard InChI is InChI=1S/C11H18F3N3O2/c1-3-10(15,4-2)9-16-8(17-19-9)5-6-18-7-11(12,13)14/h3-7,15H2,1-2H3. The Bertz CT molecular complexity index is 389. The van der Waals surface area contributed by atoms with E-state index in [9.17, 15) is 13.2 Å². The highest BCUT2D eigenvalue weighted by Gasteiger charge is 2.30. The average Bonchev–Trinajstić information content (AvgIpc) is 2.82. The smallest absolute Gasteiger partial charge is 0.372 e. The molecule has 0 atom stereocenters. The van der Waals surface area contributed by atoms with Crippen molar-refractivity contribution in [2.75, 3.05) is 13.2 Å². The second-order valence-electron chi connectivity index (χ2n) is 4.30. The van der Waals surface area contributed by atoms with Crippen molar-refractivity contribution in [3.8, 4) is 0 Å². The number of hydrogen-bond donors (Lipinski definition) is 1. The van der Waals surface area contributed by atoms with Crippen LogP contribution in [0.3, 0.4) is 0 Å². The van der Waals surface area contributed by atoms with Crippen molar-refractivity contribution >= 4 is 0 Å². The van der Waals surface area contributed by atoms with E-state index in [0.29, 0.717) is 24.6 Å². The zero-order valence-electron chi connectivity index (χ0n) is 11.0. The maximum Gasteiger partial charge on any atom is 0.411 e. The Balaban J connectivity index is 2.47. The number of hydrogen-bond acceptors (Lipinski definition) is 5. The van der Waals surface area contributed by atoms with Crippen LogP contribution in [0.15, 0.2) is 4.52 Å². The summed E-state index contributed by atoms with van der Waals surface area (Å²) in [4.78, 5) is 4.09. The predicted octanol–water partition coefficient (Wildman–Crippen LogP) is 2.17. The van der Waals surface area contributed by atoms with Crippen LogP contribution in [0.1, 0.15) is 38.4 Å². The van der Waals surface area contributed by atoms with Crippen molar-refractivity contribution in [1.29, 1.82) is 0 Å². The number of ether oxygens (including phenoxy) is 1. The van der Waals surface area contributed by atoms with E-state index in [1.165, 1.54) is 0 Å². The Labute approximate surface area is 109 Å². The first-order valence-electron chi connectivity index (χ1n) is 6.07. The molecule has 1 heterocycles. The molecule has 0 spiro atoms. The molecule has 1 aromatic rings. The predicted molar refractivity (Wildman–Crippen MR) is 61.3 cm³/mol. The van der Waals surface area contributed by atoms with E-state index in [0.717, 1.165) is 0 Å². The summed E-state index contributed by atoms with van der Waals surface area (Å²) in [6.45, 7) is 2.41. The summed E-state index contributed by atoms with van der Waals surface area (Å²) in [5.41, 5.74) is 5.38. The monoisotopic (exact) mass is 281 g/mol. The van der Waals surface area contributed by atoms with Crippen molar-refractivity contribution < 1.29 is 22.4 Å². The van der Waals surface area contributed by atoms with Gasteiger partial charge in [0.2, 0.25) is 5.89 Å². The third-order valence-corrected chi connectivity index (χ3v) is 2.89. The molecule has 0 radical (unpaired) electrons. The summed E-state index contributed by atoms with van der Waals surface area (Å²) in [7, 11) is 0. The molecule has 2 N–H and O–H groups in total. The average molecular weight is 281 g/mol. The number of alkyl halides is 3. The lowest BCUT2D eigenvalue weighted by atomic mass is 9.94. The summed E-state index contributed by atoms with van der Waals surface area (Å²) in [6.07, 6.45) is -2.90. The second kappa shape index (κ2) is 6.33. The first-order chi connectivity index (χ1) is 8.80. The topological polar surface area (TPSA) is 74.2 Å². The van der Waals surface area contributed by atoms with Gasteiger partial charge >= 0.3 is 6.18 Å². The van der Waals surface area contributed by atoms with Crippen LogP contribution in [0.25, 0.3) is 0 Å². The molecule has 5 nitrogen and oxygen atoms in total. The largest absolute Gasteiger partial charge is 0.411 e. The molecule has 0 saturated carbocycles. The molecule has 0 unspecified atom stereocenters. The number of halogens is 3.